The Morgan fingerprint density at radius 2 is 2.06 bits per heavy atom. The maximum atomic E-state index is 13.3. The Labute approximate surface area is 183 Å². The summed E-state index contributed by atoms with van der Waals surface area (Å²) in [6.07, 6.45) is 2.76. The normalized spacial score (nSPS) is 19.6. The van der Waals surface area contributed by atoms with Crippen LogP contribution in [0.1, 0.15) is 55.4 Å². The highest BCUT2D eigenvalue weighted by molar-refractivity contribution is 6.25. The van der Waals surface area contributed by atoms with E-state index >= 15 is 0 Å². The van der Waals surface area contributed by atoms with Gasteiger partial charge in [0.25, 0.3) is 5.91 Å². The molecule has 2 aromatic heterocycles. The van der Waals surface area contributed by atoms with Gasteiger partial charge in [-0.15, -0.1) is 0 Å². The third kappa shape index (κ3) is 4.38. The second-order valence-electron chi connectivity index (χ2n) is 8.70. The van der Waals surface area contributed by atoms with E-state index in [2.05, 4.69) is 15.3 Å². The lowest BCUT2D eigenvalue weighted by molar-refractivity contribution is 0.0794. The van der Waals surface area contributed by atoms with Crippen molar-refractivity contribution in [1.82, 2.24) is 20.2 Å². The standard InChI is InChI=1S/C23H30N6O2/c1-13-15-8-7-9-27-19(15)22(30)29(6)12-16(26-5)18(20(24)23(2,3)4)14-10-17(31-13)21(25)28-11-14/h7-11,13,24,26H,12H2,1-6H3,(H2,25,28)/b18-16-,24-20?. The van der Waals surface area contributed by atoms with Crippen molar-refractivity contribution in [3.8, 4) is 5.75 Å². The molecule has 0 aromatic carbocycles. The molecule has 164 valence electrons. The number of nitrogens with zero attached hydrogens (tertiary/aromatic N) is 3. The number of ether oxygens (including phenoxy) is 1. The molecule has 2 bridgehead atoms. The van der Waals surface area contributed by atoms with Crippen LogP contribution in [0.3, 0.4) is 0 Å². The average molecular weight is 423 g/mol. The zero-order chi connectivity index (χ0) is 22.9. The summed E-state index contributed by atoms with van der Waals surface area (Å²) in [4.78, 5) is 23.5. The van der Waals surface area contributed by atoms with Gasteiger partial charge >= 0.3 is 0 Å². The van der Waals surface area contributed by atoms with Crippen molar-refractivity contribution in [2.24, 2.45) is 5.41 Å². The van der Waals surface area contributed by atoms with Gasteiger partial charge in [0.1, 0.15) is 11.8 Å². The molecule has 0 saturated carbocycles. The number of carbonyl (C=O) groups is 1. The fourth-order valence-corrected chi connectivity index (χ4v) is 3.48. The number of carbonyl (C=O) groups excluding carboxylic acids is 1. The first kappa shape index (κ1) is 22.3. The molecule has 0 fully saturated rings. The van der Waals surface area contributed by atoms with Crippen LogP contribution in [0.4, 0.5) is 5.82 Å². The molecule has 0 saturated heterocycles. The number of nitrogen functional groups attached to an aromatic ring is 1. The van der Waals surface area contributed by atoms with Crippen molar-refractivity contribution in [1.29, 1.82) is 5.41 Å². The Kier molecular flexibility index (Phi) is 6.01. The van der Waals surface area contributed by atoms with Crippen molar-refractivity contribution < 1.29 is 9.53 Å². The van der Waals surface area contributed by atoms with Crippen molar-refractivity contribution in [3.05, 3.63) is 53.1 Å². The molecule has 3 rings (SSSR count). The van der Waals surface area contributed by atoms with Crippen LogP contribution < -0.4 is 15.8 Å². The summed E-state index contributed by atoms with van der Waals surface area (Å²) in [7, 11) is 3.51. The van der Waals surface area contributed by atoms with Crippen molar-refractivity contribution in [3.63, 3.8) is 0 Å². The van der Waals surface area contributed by atoms with E-state index in [1.165, 1.54) is 0 Å². The number of aromatic nitrogens is 2. The molecule has 0 aliphatic carbocycles. The summed E-state index contributed by atoms with van der Waals surface area (Å²) in [6, 6.07) is 5.41. The topological polar surface area (TPSA) is 117 Å². The quantitative estimate of drug-likeness (QED) is 0.640. The van der Waals surface area contributed by atoms with Gasteiger partial charge in [-0.2, -0.15) is 0 Å². The van der Waals surface area contributed by atoms with Crippen LogP contribution in [0.5, 0.6) is 5.75 Å². The van der Waals surface area contributed by atoms with E-state index in [1.54, 1.807) is 37.5 Å². The molecule has 1 atom stereocenters. The molecule has 31 heavy (non-hydrogen) atoms. The molecule has 4 N–H and O–H groups in total. The van der Waals surface area contributed by atoms with Crippen LogP contribution in [0.25, 0.3) is 5.57 Å². The van der Waals surface area contributed by atoms with Crippen molar-refractivity contribution in [2.45, 2.75) is 33.8 Å². The summed E-state index contributed by atoms with van der Waals surface area (Å²) in [5, 5.41) is 12.1. The summed E-state index contributed by atoms with van der Waals surface area (Å²) < 4.78 is 6.14. The minimum absolute atomic E-state index is 0.226. The number of rotatable bonds is 2. The number of nitrogens with one attached hydrogen (secondary N) is 2. The molecular weight excluding hydrogens is 392 g/mol. The lowest BCUT2D eigenvalue weighted by Gasteiger charge is -2.29. The van der Waals surface area contributed by atoms with Crippen LogP contribution in [0.2, 0.25) is 0 Å². The summed E-state index contributed by atoms with van der Waals surface area (Å²) in [5.74, 6) is 0.417. The maximum absolute atomic E-state index is 13.3. The zero-order valence-corrected chi connectivity index (χ0v) is 18.9. The lowest BCUT2D eigenvalue weighted by atomic mass is 9.82. The van der Waals surface area contributed by atoms with Crippen LogP contribution in [-0.4, -0.2) is 47.1 Å². The van der Waals surface area contributed by atoms with E-state index in [1.807, 2.05) is 39.8 Å². The van der Waals surface area contributed by atoms with Gasteiger partial charge in [-0.05, 0) is 19.1 Å². The molecule has 1 amide bonds. The Hall–Kier alpha value is -3.42. The minimum Gasteiger partial charge on any atom is -0.482 e. The maximum Gasteiger partial charge on any atom is 0.272 e. The molecule has 0 spiro atoms. The van der Waals surface area contributed by atoms with Gasteiger partial charge in [-0.25, -0.2) is 4.98 Å². The molecular formula is C23H30N6O2. The van der Waals surface area contributed by atoms with Crippen LogP contribution in [0.15, 0.2) is 36.3 Å². The van der Waals surface area contributed by atoms with E-state index in [9.17, 15) is 4.79 Å². The van der Waals surface area contributed by atoms with Crippen LogP contribution >= 0.6 is 0 Å². The predicted octanol–water partition coefficient (Wildman–Crippen LogP) is 3.28. The van der Waals surface area contributed by atoms with E-state index in [0.29, 0.717) is 33.9 Å². The molecule has 3 heterocycles. The first-order valence-corrected chi connectivity index (χ1v) is 10.2. The summed E-state index contributed by atoms with van der Waals surface area (Å²) in [6.45, 7) is 8.05. The number of hydrogen-bond donors (Lipinski definition) is 3. The zero-order valence-electron chi connectivity index (χ0n) is 18.9. The fraction of sp³-hybridized carbons (Fsp3) is 0.391. The number of amides is 1. The Balaban J connectivity index is 2.30. The smallest absolute Gasteiger partial charge is 0.272 e. The molecule has 8 nitrogen and oxygen atoms in total. The van der Waals surface area contributed by atoms with Gasteiger partial charge in [0.05, 0.1) is 6.54 Å². The molecule has 8 heteroatoms. The van der Waals surface area contributed by atoms with Gasteiger partial charge in [-0.3, -0.25) is 9.78 Å². The minimum atomic E-state index is -0.474. The number of allylic oxidation sites excluding steroid dienone is 1. The number of fused-ring (bicyclic) bond motifs is 3. The SMILES string of the molecule is CN/C1=C(\C(=N)C(C)(C)C)c2cnc(N)c(c2)OC(C)c2cccnc2C(=O)N(C)C1. The van der Waals surface area contributed by atoms with Gasteiger partial charge in [0, 0.05) is 60.0 Å². The van der Waals surface area contributed by atoms with E-state index in [0.717, 1.165) is 5.70 Å². The van der Waals surface area contributed by atoms with Crippen molar-refractivity contribution >= 4 is 23.0 Å². The average Bonchev–Trinajstić information content (AvgIpc) is 2.73. The van der Waals surface area contributed by atoms with Crippen LogP contribution in [0, 0.1) is 10.8 Å². The van der Waals surface area contributed by atoms with E-state index in [-0.39, 0.29) is 18.3 Å². The van der Waals surface area contributed by atoms with Gasteiger partial charge in [0.15, 0.2) is 11.6 Å². The number of likely N-dealkylation sites (N-methyl/N-ethyl adjacent to an activating group) is 2. The first-order chi connectivity index (χ1) is 14.5. The van der Waals surface area contributed by atoms with Crippen molar-refractivity contribution in [2.75, 3.05) is 26.4 Å². The Morgan fingerprint density at radius 3 is 2.71 bits per heavy atom. The Bertz CT molecular complexity index is 1050. The molecule has 1 unspecified atom stereocenters. The second-order valence-corrected chi connectivity index (χ2v) is 8.70. The lowest BCUT2D eigenvalue weighted by Crippen LogP contribution is -2.35. The van der Waals surface area contributed by atoms with E-state index < -0.39 is 11.5 Å². The Morgan fingerprint density at radius 1 is 1.35 bits per heavy atom. The number of nitrogens with two attached hydrogens (primary N) is 1. The summed E-state index contributed by atoms with van der Waals surface area (Å²) >= 11 is 0. The fourth-order valence-electron chi connectivity index (χ4n) is 3.48. The monoisotopic (exact) mass is 422 g/mol. The highest BCUT2D eigenvalue weighted by Gasteiger charge is 2.29. The molecule has 1 aliphatic heterocycles. The van der Waals surface area contributed by atoms with Crippen LogP contribution in [-0.2, 0) is 0 Å². The molecule has 1 aliphatic rings. The van der Waals surface area contributed by atoms with Gasteiger partial charge in [0.2, 0.25) is 0 Å². The first-order valence-electron chi connectivity index (χ1n) is 10.2. The predicted molar refractivity (Wildman–Crippen MR) is 122 cm³/mol. The third-order valence-electron chi connectivity index (χ3n) is 5.30. The summed E-state index contributed by atoms with van der Waals surface area (Å²) in [5.41, 5.74) is 9.18. The largest absolute Gasteiger partial charge is 0.482 e. The number of pyridine rings is 2. The molecule has 2 aromatic rings. The number of hydrogen-bond acceptors (Lipinski definition) is 7. The third-order valence-corrected chi connectivity index (χ3v) is 5.30. The van der Waals surface area contributed by atoms with E-state index in [4.69, 9.17) is 15.9 Å². The highest BCUT2D eigenvalue weighted by atomic mass is 16.5. The van der Waals surface area contributed by atoms with Gasteiger partial charge in [-0.1, -0.05) is 26.8 Å². The molecule has 0 radical (unpaired) electrons. The van der Waals surface area contributed by atoms with Gasteiger partial charge < -0.3 is 26.1 Å². The number of anilines is 1. The highest BCUT2D eigenvalue weighted by Crippen LogP contribution is 2.34. The second kappa shape index (κ2) is 8.37.